The molecule has 0 atom stereocenters. The van der Waals surface area contributed by atoms with Crippen LogP contribution in [0.3, 0.4) is 0 Å². The summed E-state index contributed by atoms with van der Waals surface area (Å²) in [6, 6.07) is 43.5. The molecule has 0 fully saturated rings. The van der Waals surface area contributed by atoms with Gasteiger partial charge >= 0.3 is 18.0 Å². The third kappa shape index (κ3) is 10.2. The van der Waals surface area contributed by atoms with Crippen molar-refractivity contribution in [1.82, 2.24) is 19.6 Å². The fourth-order valence-corrected chi connectivity index (χ4v) is 6.64. The Morgan fingerprint density at radius 3 is 1.31 bits per heavy atom. The molecular formula is C40H54BN5O3. The van der Waals surface area contributed by atoms with Gasteiger partial charge in [-0.05, 0) is 13.3 Å². The van der Waals surface area contributed by atoms with Crippen LogP contribution in [-0.2, 0) is 9.53 Å². The van der Waals surface area contributed by atoms with Crippen molar-refractivity contribution >= 4 is 46.0 Å². The molecule has 4 aromatic rings. The highest BCUT2D eigenvalue weighted by Gasteiger charge is 2.31. The highest BCUT2D eigenvalue weighted by atomic mass is 16.5. The summed E-state index contributed by atoms with van der Waals surface area (Å²) in [4.78, 5) is 31.0. The predicted molar refractivity (Wildman–Crippen MR) is 205 cm³/mol. The minimum absolute atomic E-state index is 0.0311. The molecule has 0 aromatic heterocycles. The molecular weight excluding hydrogens is 609 g/mol. The van der Waals surface area contributed by atoms with Crippen LogP contribution in [0.5, 0.6) is 0 Å². The summed E-state index contributed by atoms with van der Waals surface area (Å²) in [5.74, 6) is 0.668. The molecule has 260 valence electrons. The Bertz CT molecular complexity index is 1430. The van der Waals surface area contributed by atoms with E-state index in [0.29, 0.717) is 19.7 Å². The van der Waals surface area contributed by atoms with Gasteiger partial charge in [-0.3, -0.25) is 14.4 Å². The maximum atomic E-state index is 11.9. The number of carbonyl (C=O) groups excluding carboxylic acids is 2. The van der Waals surface area contributed by atoms with E-state index in [-0.39, 0.29) is 18.5 Å². The first-order valence-corrected chi connectivity index (χ1v) is 17.0. The molecule has 0 aliphatic heterocycles. The van der Waals surface area contributed by atoms with Crippen LogP contribution in [0.2, 0.25) is 0 Å². The van der Waals surface area contributed by atoms with Crippen molar-refractivity contribution in [2.45, 2.75) is 13.3 Å². The van der Waals surface area contributed by atoms with E-state index in [1.165, 1.54) is 21.9 Å². The van der Waals surface area contributed by atoms with Gasteiger partial charge in [-0.1, -0.05) is 121 Å². The van der Waals surface area contributed by atoms with Crippen LogP contribution in [0.15, 0.2) is 121 Å². The Morgan fingerprint density at radius 2 is 1.00 bits per heavy atom. The number of hydrogen-bond donors (Lipinski definition) is 0. The van der Waals surface area contributed by atoms with Crippen LogP contribution in [0.1, 0.15) is 13.3 Å². The summed E-state index contributed by atoms with van der Waals surface area (Å²) in [7, 11) is 13.0. The summed E-state index contributed by atoms with van der Waals surface area (Å²) in [6.45, 7) is 3.61. The number of esters is 1. The number of nitrogens with zero attached hydrogens (tertiary/aromatic N) is 5. The molecule has 0 saturated heterocycles. The van der Waals surface area contributed by atoms with Crippen LogP contribution < -0.4 is 21.9 Å². The zero-order valence-electron chi connectivity index (χ0n) is 30.6. The lowest BCUT2D eigenvalue weighted by Crippen LogP contribution is -2.74. The zero-order chi connectivity index (χ0) is 35.8. The fourth-order valence-electron chi connectivity index (χ4n) is 6.64. The van der Waals surface area contributed by atoms with E-state index < -0.39 is 6.15 Å². The van der Waals surface area contributed by atoms with Crippen LogP contribution in [0.4, 0.5) is 4.79 Å². The number of hydrogen-bond acceptors (Lipinski definition) is 3. The average Bonchev–Trinajstić information content (AvgIpc) is 3.10. The second-order valence-electron chi connectivity index (χ2n) is 12.8. The first-order valence-electron chi connectivity index (χ1n) is 17.0. The van der Waals surface area contributed by atoms with E-state index >= 15 is 0 Å². The molecule has 0 saturated carbocycles. The minimum atomic E-state index is -1.22. The third-order valence-corrected chi connectivity index (χ3v) is 8.54. The van der Waals surface area contributed by atoms with Crippen LogP contribution >= 0.6 is 0 Å². The highest BCUT2D eigenvalue weighted by molar-refractivity contribution is 7.19. The number of amides is 2. The fraction of sp³-hybridized carbons (Fsp3) is 0.325. The van der Waals surface area contributed by atoms with E-state index in [9.17, 15) is 9.59 Å². The van der Waals surface area contributed by atoms with Crippen molar-refractivity contribution in [3.63, 3.8) is 0 Å². The van der Waals surface area contributed by atoms with Gasteiger partial charge in [0.05, 0.1) is 41.3 Å². The number of rotatable bonds is 11. The smallest absolute Gasteiger partial charge is 0.350 e. The number of guanidine groups is 1. The van der Waals surface area contributed by atoms with Crippen molar-refractivity contribution in [3.05, 3.63) is 121 Å². The van der Waals surface area contributed by atoms with Gasteiger partial charge < -0.3 is 14.5 Å². The van der Waals surface area contributed by atoms with E-state index in [4.69, 9.17) is 4.74 Å². The maximum Gasteiger partial charge on any atom is 0.350 e. The normalized spacial score (nSPS) is 10.6. The number of urea groups is 1. The number of benzene rings is 4. The summed E-state index contributed by atoms with van der Waals surface area (Å²) in [5.41, 5.74) is 5.36. The van der Waals surface area contributed by atoms with Crippen LogP contribution in [0.25, 0.3) is 0 Å². The zero-order valence-corrected chi connectivity index (χ0v) is 30.6. The first kappa shape index (κ1) is 38.4. The molecule has 8 nitrogen and oxygen atoms in total. The van der Waals surface area contributed by atoms with Gasteiger partial charge in [-0.25, -0.2) is 9.59 Å². The van der Waals surface area contributed by atoms with Crippen molar-refractivity contribution < 1.29 is 18.9 Å². The SMILES string of the molecule is CCOC(=O)CN(CCCN(C)C(=O)N(C)C)C(N(C)C)=[N+](C)C.c1ccc([B-](c2ccccc2)(c2ccccc2)c2ccccc2)cc1. The number of ether oxygens (including phenoxy) is 1. The lowest BCUT2D eigenvalue weighted by molar-refractivity contribution is -0.475. The van der Waals surface area contributed by atoms with Gasteiger partial charge in [0.2, 0.25) is 0 Å². The standard InChI is InChI=1S/C24H20B.C16H34N5O3/c1-5-13-21(14-6-1)25(22-15-7-2-8-16-22,23-17-9-3-10-18-23)24-19-11-4-12-20-24;1-9-24-14(22)13-21(15(17(2)3)18(4)5)12-10-11-20(8)16(23)19(6)7/h1-20H;9-13H2,1-8H3/q-1;+1. The molecule has 0 unspecified atom stereocenters. The lowest BCUT2D eigenvalue weighted by atomic mass is 9.13. The van der Waals surface area contributed by atoms with Crippen molar-refractivity contribution in [1.29, 1.82) is 0 Å². The van der Waals surface area contributed by atoms with Crippen molar-refractivity contribution in [2.24, 2.45) is 0 Å². The monoisotopic (exact) mass is 663 g/mol. The quantitative estimate of drug-likeness (QED) is 0.0813. The molecule has 4 aromatic carbocycles. The molecule has 2 amide bonds. The highest BCUT2D eigenvalue weighted by Crippen LogP contribution is 2.09. The van der Waals surface area contributed by atoms with Crippen LogP contribution in [-0.4, -0.2) is 124 Å². The average molecular weight is 664 g/mol. The van der Waals surface area contributed by atoms with Gasteiger partial charge in [0.25, 0.3) is 0 Å². The van der Waals surface area contributed by atoms with E-state index in [2.05, 4.69) is 121 Å². The maximum absolute atomic E-state index is 11.9. The van der Waals surface area contributed by atoms with E-state index in [0.717, 1.165) is 12.4 Å². The Labute approximate surface area is 294 Å². The topological polar surface area (TPSA) is 59.3 Å². The minimum Gasteiger partial charge on any atom is -0.464 e. The van der Waals surface area contributed by atoms with Gasteiger partial charge in [-0.15, -0.1) is 0 Å². The largest absolute Gasteiger partial charge is 0.464 e. The second-order valence-corrected chi connectivity index (χ2v) is 12.8. The summed E-state index contributed by atoms with van der Waals surface area (Å²) in [6.07, 6.45) is -0.465. The Kier molecular flexibility index (Phi) is 15.0. The van der Waals surface area contributed by atoms with Gasteiger partial charge in [0.15, 0.2) is 6.54 Å². The van der Waals surface area contributed by atoms with Crippen molar-refractivity contribution in [2.75, 3.05) is 75.6 Å². The van der Waals surface area contributed by atoms with E-state index in [1.54, 1.807) is 37.9 Å². The number of carbonyl (C=O) groups is 2. The predicted octanol–water partition coefficient (Wildman–Crippen LogP) is 3.11. The molecule has 0 heterocycles. The molecule has 0 N–H and O–H groups in total. The molecule has 0 aliphatic carbocycles. The Balaban J connectivity index is 0.000000266. The van der Waals surface area contributed by atoms with Gasteiger partial charge in [0, 0.05) is 27.7 Å². The Hall–Kier alpha value is -5.05. The van der Waals surface area contributed by atoms with E-state index in [1.807, 2.05) is 42.6 Å². The molecule has 0 aliphatic rings. The lowest BCUT2D eigenvalue weighted by Gasteiger charge is -2.44. The molecule has 0 bridgehead atoms. The summed E-state index contributed by atoms with van der Waals surface area (Å²) >= 11 is 0. The second kappa shape index (κ2) is 19.1. The summed E-state index contributed by atoms with van der Waals surface area (Å²) < 4.78 is 7.04. The molecule has 0 spiro atoms. The van der Waals surface area contributed by atoms with Gasteiger partial charge in [-0.2, -0.15) is 21.9 Å². The molecule has 0 radical (unpaired) electrons. The Morgan fingerprint density at radius 1 is 0.612 bits per heavy atom. The molecule has 4 rings (SSSR count). The van der Waals surface area contributed by atoms with Gasteiger partial charge in [0.1, 0.15) is 6.15 Å². The third-order valence-electron chi connectivity index (χ3n) is 8.54. The van der Waals surface area contributed by atoms with Crippen molar-refractivity contribution in [3.8, 4) is 0 Å². The summed E-state index contributed by atoms with van der Waals surface area (Å²) in [5, 5.41) is 0. The van der Waals surface area contributed by atoms with Crippen LogP contribution in [0, 0.1) is 0 Å². The molecule has 49 heavy (non-hydrogen) atoms. The molecule has 9 heteroatoms. The first-order chi connectivity index (χ1) is 23.5.